The summed E-state index contributed by atoms with van der Waals surface area (Å²) >= 11 is 1.24. The van der Waals surface area contributed by atoms with Crippen LogP contribution in [0.2, 0.25) is 0 Å². The van der Waals surface area contributed by atoms with Crippen LogP contribution in [-0.2, 0) is 9.59 Å². The maximum Gasteiger partial charge on any atom is 0.228 e. The summed E-state index contributed by atoms with van der Waals surface area (Å²) in [6, 6.07) is 1.88. The van der Waals surface area contributed by atoms with E-state index in [1.54, 1.807) is 4.90 Å². The van der Waals surface area contributed by atoms with Crippen molar-refractivity contribution in [3.8, 4) is 6.07 Å². The highest BCUT2D eigenvalue weighted by atomic mass is 32.2. The van der Waals surface area contributed by atoms with E-state index in [0.717, 1.165) is 0 Å². The van der Waals surface area contributed by atoms with Gasteiger partial charge in [-0.05, 0) is 5.92 Å². The molecule has 0 saturated carbocycles. The molecule has 1 aromatic rings. The number of amides is 1. The Morgan fingerprint density at radius 3 is 2.95 bits per heavy atom. The SMILES string of the molecule is CC(=O)SCC1CC(=O)N(c2cnc(C#N)cn2)C1. The molecule has 1 fully saturated rings. The number of hydrogen-bond donors (Lipinski definition) is 0. The van der Waals surface area contributed by atoms with E-state index < -0.39 is 0 Å². The van der Waals surface area contributed by atoms with E-state index >= 15 is 0 Å². The van der Waals surface area contributed by atoms with Crippen LogP contribution < -0.4 is 4.90 Å². The summed E-state index contributed by atoms with van der Waals surface area (Å²) < 4.78 is 0. The minimum absolute atomic E-state index is 0.0202. The average Bonchev–Trinajstić information content (AvgIpc) is 2.78. The summed E-state index contributed by atoms with van der Waals surface area (Å²) in [7, 11) is 0. The molecule has 1 amide bonds. The molecule has 1 aliphatic rings. The molecule has 7 heteroatoms. The fourth-order valence-corrected chi connectivity index (χ4v) is 2.56. The van der Waals surface area contributed by atoms with Crippen LogP contribution in [0, 0.1) is 17.2 Å². The van der Waals surface area contributed by atoms with Crippen LogP contribution >= 0.6 is 11.8 Å². The van der Waals surface area contributed by atoms with Gasteiger partial charge in [-0.15, -0.1) is 0 Å². The van der Waals surface area contributed by atoms with Gasteiger partial charge in [-0.3, -0.25) is 14.5 Å². The van der Waals surface area contributed by atoms with Crippen molar-refractivity contribution >= 4 is 28.6 Å². The normalized spacial score (nSPS) is 18.4. The summed E-state index contributed by atoms with van der Waals surface area (Å²) in [5.74, 6) is 1.23. The Labute approximate surface area is 114 Å². The standard InChI is InChI=1S/C12H12N4O2S/c1-8(17)19-7-9-2-12(18)16(6-9)11-5-14-10(3-13)4-15-11/h4-5,9H,2,6-7H2,1H3. The van der Waals surface area contributed by atoms with E-state index in [1.807, 2.05) is 6.07 Å². The number of rotatable bonds is 3. The van der Waals surface area contributed by atoms with Crippen molar-refractivity contribution in [2.75, 3.05) is 17.2 Å². The number of nitrogens with zero attached hydrogens (tertiary/aromatic N) is 4. The van der Waals surface area contributed by atoms with Crippen LogP contribution in [-0.4, -0.2) is 33.3 Å². The summed E-state index contributed by atoms with van der Waals surface area (Å²) in [5, 5.41) is 8.70. The Hall–Kier alpha value is -1.94. The lowest BCUT2D eigenvalue weighted by atomic mass is 10.1. The Morgan fingerprint density at radius 1 is 1.58 bits per heavy atom. The molecule has 98 valence electrons. The zero-order chi connectivity index (χ0) is 13.8. The van der Waals surface area contributed by atoms with Crippen molar-refractivity contribution in [3.05, 3.63) is 18.1 Å². The number of carbonyl (C=O) groups is 2. The van der Waals surface area contributed by atoms with Gasteiger partial charge in [-0.2, -0.15) is 5.26 Å². The molecule has 19 heavy (non-hydrogen) atoms. The molecule has 1 aliphatic heterocycles. The lowest BCUT2D eigenvalue weighted by Crippen LogP contribution is -2.26. The van der Waals surface area contributed by atoms with Crippen molar-refractivity contribution in [1.82, 2.24) is 9.97 Å². The largest absolute Gasteiger partial charge is 0.295 e. The first-order valence-corrected chi connectivity index (χ1v) is 6.74. The molecule has 0 radical (unpaired) electrons. The van der Waals surface area contributed by atoms with Gasteiger partial charge in [0.2, 0.25) is 5.91 Å². The minimum atomic E-state index is -0.0202. The van der Waals surface area contributed by atoms with Crippen LogP contribution in [0.15, 0.2) is 12.4 Å². The molecule has 0 aromatic carbocycles. The number of thioether (sulfide) groups is 1. The molecule has 1 atom stereocenters. The third-order valence-electron chi connectivity index (χ3n) is 2.76. The molecule has 1 aromatic heterocycles. The Kier molecular flexibility index (Phi) is 4.12. The summed E-state index contributed by atoms with van der Waals surface area (Å²) in [6.45, 7) is 2.06. The third-order valence-corrected chi connectivity index (χ3v) is 3.80. The molecular formula is C12H12N4O2S. The molecule has 2 rings (SSSR count). The van der Waals surface area contributed by atoms with E-state index in [4.69, 9.17) is 5.26 Å². The second-order valence-electron chi connectivity index (χ2n) is 4.25. The molecule has 2 heterocycles. The summed E-state index contributed by atoms with van der Waals surface area (Å²) in [5.41, 5.74) is 0.221. The van der Waals surface area contributed by atoms with Crippen LogP contribution in [0.1, 0.15) is 19.0 Å². The fraction of sp³-hybridized carbons (Fsp3) is 0.417. The van der Waals surface area contributed by atoms with Gasteiger partial charge >= 0.3 is 0 Å². The first kappa shape index (κ1) is 13.5. The predicted molar refractivity (Wildman–Crippen MR) is 70.3 cm³/mol. The number of hydrogen-bond acceptors (Lipinski definition) is 6. The third kappa shape index (κ3) is 3.29. The van der Waals surface area contributed by atoms with E-state index in [-0.39, 0.29) is 22.6 Å². The highest BCUT2D eigenvalue weighted by Crippen LogP contribution is 2.25. The van der Waals surface area contributed by atoms with Crippen molar-refractivity contribution in [2.24, 2.45) is 5.92 Å². The zero-order valence-corrected chi connectivity index (χ0v) is 11.2. The van der Waals surface area contributed by atoms with Gasteiger partial charge in [-0.1, -0.05) is 11.8 Å². The second-order valence-corrected chi connectivity index (χ2v) is 5.45. The van der Waals surface area contributed by atoms with Crippen LogP contribution in [0.25, 0.3) is 0 Å². The van der Waals surface area contributed by atoms with Gasteiger partial charge in [0, 0.05) is 25.6 Å². The zero-order valence-electron chi connectivity index (χ0n) is 10.4. The Bertz CT molecular complexity index is 538. The smallest absolute Gasteiger partial charge is 0.228 e. The quantitative estimate of drug-likeness (QED) is 0.818. The van der Waals surface area contributed by atoms with Crippen LogP contribution in [0.4, 0.5) is 5.82 Å². The van der Waals surface area contributed by atoms with E-state index in [1.165, 1.54) is 31.1 Å². The molecule has 0 spiro atoms. The first-order chi connectivity index (χ1) is 9.10. The van der Waals surface area contributed by atoms with Gasteiger partial charge < -0.3 is 0 Å². The lowest BCUT2D eigenvalue weighted by Gasteiger charge is -2.14. The monoisotopic (exact) mass is 276 g/mol. The molecule has 1 saturated heterocycles. The minimum Gasteiger partial charge on any atom is -0.295 e. The highest BCUT2D eigenvalue weighted by molar-refractivity contribution is 8.13. The molecule has 0 aliphatic carbocycles. The van der Waals surface area contributed by atoms with E-state index in [0.29, 0.717) is 24.5 Å². The number of nitriles is 1. The Balaban J connectivity index is 2.03. The Morgan fingerprint density at radius 2 is 2.37 bits per heavy atom. The van der Waals surface area contributed by atoms with Gasteiger partial charge in [0.25, 0.3) is 0 Å². The molecule has 6 nitrogen and oxygen atoms in total. The van der Waals surface area contributed by atoms with Crippen LogP contribution in [0.5, 0.6) is 0 Å². The van der Waals surface area contributed by atoms with Gasteiger partial charge in [0.05, 0.1) is 12.4 Å². The maximum absolute atomic E-state index is 11.9. The highest BCUT2D eigenvalue weighted by Gasteiger charge is 2.31. The van der Waals surface area contributed by atoms with Crippen LogP contribution in [0.3, 0.4) is 0 Å². The van der Waals surface area contributed by atoms with E-state index in [9.17, 15) is 9.59 Å². The molecular weight excluding hydrogens is 264 g/mol. The average molecular weight is 276 g/mol. The van der Waals surface area contributed by atoms with Gasteiger partial charge in [0.1, 0.15) is 6.07 Å². The lowest BCUT2D eigenvalue weighted by molar-refractivity contribution is -0.117. The maximum atomic E-state index is 11.9. The van der Waals surface area contributed by atoms with Gasteiger partial charge in [-0.25, -0.2) is 9.97 Å². The molecule has 0 N–H and O–H groups in total. The number of anilines is 1. The van der Waals surface area contributed by atoms with E-state index in [2.05, 4.69) is 9.97 Å². The van der Waals surface area contributed by atoms with Gasteiger partial charge in [0.15, 0.2) is 16.6 Å². The summed E-state index contributed by atoms with van der Waals surface area (Å²) in [4.78, 5) is 32.3. The predicted octanol–water partition coefficient (Wildman–Crippen LogP) is 0.981. The van der Waals surface area contributed by atoms with Crippen molar-refractivity contribution in [3.63, 3.8) is 0 Å². The first-order valence-electron chi connectivity index (χ1n) is 5.76. The molecule has 0 bridgehead atoms. The van der Waals surface area contributed by atoms with Crippen molar-refractivity contribution < 1.29 is 9.59 Å². The topological polar surface area (TPSA) is 87.0 Å². The van der Waals surface area contributed by atoms with Crippen molar-refractivity contribution in [1.29, 1.82) is 5.26 Å². The second kappa shape index (κ2) is 5.80. The molecule has 1 unspecified atom stereocenters. The number of carbonyl (C=O) groups excluding carboxylic acids is 2. The fourth-order valence-electron chi connectivity index (χ4n) is 1.87. The summed E-state index contributed by atoms with van der Waals surface area (Å²) in [6.07, 6.45) is 3.19. The van der Waals surface area contributed by atoms with Crippen molar-refractivity contribution in [2.45, 2.75) is 13.3 Å². The number of aromatic nitrogens is 2.